The number of para-hydroxylation sites is 1. The molecule has 238 valence electrons. The van der Waals surface area contributed by atoms with Crippen molar-refractivity contribution in [3.8, 4) is 73.6 Å². The molecule has 0 N–H and O–H groups in total. The van der Waals surface area contributed by atoms with Crippen molar-refractivity contribution in [3.05, 3.63) is 175 Å². The van der Waals surface area contributed by atoms with Crippen LogP contribution in [0.25, 0.3) is 89.5 Å². The highest BCUT2D eigenvalue weighted by molar-refractivity contribution is 6.12. The summed E-state index contributed by atoms with van der Waals surface area (Å²) in [7, 11) is 0. The van der Waals surface area contributed by atoms with E-state index in [2.05, 4.69) is 72.8 Å². The Morgan fingerprint density at radius 2 is 0.941 bits per heavy atom. The van der Waals surface area contributed by atoms with E-state index in [1.165, 1.54) is 0 Å². The number of nitrogens with zero attached hydrogens (tertiary/aromatic N) is 4. The number of benzene rings is 7. The first-order chi connectivity index (χ1) is 25.2. The summed E-state index contributed by atoms with van der Waals surface area (Å²) >= 11 is 0. The molecular formula is C46H28N4O. The normalized spacial score (nSPS) is 11.1. The molecule has 5 nitrogen and oxygen atoms in total. The monoisotopic (exact) mass is 652 g/mol. The minimum absolute atomic E-state index is 0.603. The van der Waals surface area contributed by atoms with E-state index in [0.717, 1.165) is 72.0 Å². The molecule has 0 aliphatic heterocycles. The van der Waals surface area contributed by atoms with E-state index in [9.17, 15) is 5.26 Å². The number of aromatic nitrogens is 3. The molecule has 0 aliphatic rings. The van der Waals surface area contributed by atoms with Crippen LogP contribution < -0.4 is 0 Å². The van der Waals surface area contributed by atoms with Gasteiger partial charge in [-0.05, 0) is 58.1 Å². The van der Waals surface area contributed by atoms with Crippen molar-refractivity contribution in [2.45, 2.75) is 0 Å². The third-order valence-electron chi connectivity index (χ3n) is 9.20. The van der Waals surface area contributed by atoms with Gasteiger partial charge in [0.05, 0.1) is 11.6 Å². The molecule has 9 aromatic rings. The highest BCUT2D eigenvalue weighted by atomic mass is 16.3. The van der Waals surface area contributed by atoms with E-state index in [-0.39, 0.29) is 0 Å². The van der Waals surface area contributed by atoms with Crippen molar-refractivity contribution in [2.75, 3.05) is 0 Å². The Balaban J connectivity index is 1.19. The summed E-state index contributed by atoms with van der Waals surface area (Å²) in [5.74, 6) is 1.85. The maximum atomic E-state index is 9.30. The van der Waals surface area contributed by atoms with E-state index in [4.69, 9.17) is 19.4 Å². The summed E-state index contributed by atoms with van der Waals surface area (Å²) in [4.78, 5) is 14.7. The minimum atomic E-state index is 0.603. The Kier molecular flexibility index (Phi) is 7.46. The Labute approximate surface area is 294 Å². The van der Waals surface area contributed by atoms with Crippen LogP contribution in [0.4, 0.5) is 0 Å². The molecule has 0 saturated heterocycles. The van der Waals surface area contributed by atoms with Gasteiger partial charge in [-0.25, -0.2) is 15.0 Å². The zero-order valence-corrected chi connectivity index (χ0v) is 27.4. The highest BCUT2D eigenvalue weighted by Crippen LogP contribution is 2.43. The standard InChI is InChI=1S/C46H28N4O/c47-29-30-18-20-31(21-19-30)36-14-9-15-37(28-36)38-26-27-40-39-16-7-8-17-41(39)51-43(40)42(38)32-22-24-35(25-23-32)46-49-44(33-10-3-1-4-11-33)48-45(50-46)34-12-5-2-6-13-34/h1-28H. The van der Waals surface area contributed by atoms with Crippen molar-refractivity contribution >= 4 is 21.9 Å². The highest BCUT2D eigenvalue weighted by Gasteiger charge is 2.19. The van der Waals surface area contributed by atoms with Crippen molar-refractivity contribution in [3.63, 3.8) is 0 Å². The Bertz CT molecular complexity index is 2670. The van der Waals surface area contributed by atoms with Gasteiger partial charge in [0.2, 0.25) is 0 Å². The first-order valence-electron chi connectivity index (χ1n) is 16.7. The molecule has 0 fully saturated rings. The van der Waals surface area contributed by atoms with Crippen LogP contribution in [0.1, 0.15) is 5.56 Å². The molecule has 0 atom stereocenters. The van der Waals surface area contributed by atoms with Crippen molar-refractivity contribution in [2.24, 2.45) is 0 Å². The van der Waals surface area contributed by atoms with Crippen LogP contribution in [0.3, 0.4) is 0 Å². The van der Waals surface area contributed by atoms with Gasteiger partial charge < -0.3 is 4.42 Å². The van der Waals surface area contributed by atoms with Crippen molar-refractivity contribution < 1.29 is 4.42 Å². The van der Waals surface area contributed by atoms with Crippen LogP contribution in [0, 0.1) is 11.3 Å². The van der Waals surface area contributed by atoms with Gasteiger partial charge in [0.1, 0.15) is 11.2 Å². The van der Waals surface area contributed by atoms with Crippen LogP contribution in [0.15, 0.2) is 174 Å². The number of nitriles is 1. The molecule has 2 aromatic heterocycles. The smallest absolute Gasteiger partial charge is 0.164 e. The topological polar surface area (TPSA) is 75.6 Å². The maximum Gasteiger partial charge on any atom is 0.164 e. The Hall–Kier alpha value is -7.16. The molecule has 0 amide bonds. The molecule has 9 rings (SSSR count). The fourth-order valence-corrected chi connectivity index (χ4v) is 6.64. The van der Waals surface area contributed by atoms with Gasteiger partial charge >= 0.3 is 0 Å². The molecular weight excluding hydrogens is 625 g/mol. The Morgan fingerprint density at radius 3 is 1.59 bits per heavy atom. The first kappa shape index (κ1) is 29.9. The third kappa shape index (κ3) is 5.61. The maximum absolute atomic E-state index is 9.30. The van der Waals surface area contributed by atoms with Gasteiger partial charge in [-0.15, -0.1) is 0 Å². The Morgan fingerprint density at radius 1 is 0.412 bits per heavy atom. The summed E-state index contributed by atoms with van der Waals surface area (Å²) in [5, 5.41) is 11.4. The lowest BCUT2D eigenvalue weighted by molar-refractivity contribution is 0.670. The zero-order chi connectivity index (χ0) is 34.1. The lowest BCUT2D eigenvalue weighted by atomic mass is 9.90. The van der Waals surface area contributed by atoms with E-state index < -0.39 is 0 Å². The average molecular weight is 653 g/mol. The molecule has 5 heteroatoms. The number of furan rings is 1. The molecule has 0 saturated carbocycles. The third-order valence-corrected chi connectivity index (χ3v) is 9.20. The largest absolute Gasteiger partial charge is 0.455 e. The summed E-state index contributed by atoms with van der Waals surface area (Å²) in [6.07, 6.45) is 0. The SMILES string of the molecule is N#Cc1ccc(-c2cccc(-c3ccc4c(oc5ccccc54)c3-c3ccc(-c4nc(-c5ccccc5)nc(-c5ccccc5)n4)cc3)c2)cc1. The first-order valence-corrected chi connectivity index (χ1v) is 16.7. The quantitative estimate of drug-likeness (QED) is 0.179. The van der Waals surface area contributed by atoms with Crippen LogP contribution >= 0.6 is 0 Å². The van der Waals surface area contributed by atoms with Gasteiger partial charge in [0.25, 0.3) is 0 Å². The van der Waals surface area contributed by atoms with Crippen LogP contribution in [0.2, 0.25) is 0 Å². The summed E-state index contributed by atoms with van der Waals surface area (Å²) in [6.45, 7) is 0. The van der Waals surface area contributed by atoms with Gasteiger partial charge in [0, 0.05) is 33.0 Å². The molecule has 0 aliphatic carbocycles. The van der Waals surface area contributed by atoms with Crippen LogP contribution in [-0.4, -0.2) is 15.0 Å². The fourth-order valence-electron chi connectivity index (χ4n) is 6.64. The summed E-state index contributed by atoms with van der Waals surface area (Å²) in [5.41, 5.74) is 11.3. The number of rotatable bonds is 6. The predicted octanol–water partition coefficient (Wildman–Crippen LogP) is 11.6. The van der Waals surface area contributed by atoms with Gasteiger partial charge in [-0.1, -0.05) is 140 Å². The van der Waals surface area contributed by atoms with E-state index >= 15 is 0 Å². The second kappa shape index (κ2) is 12.7. The number of hydrogen-bond donors (Lipinski definition) is 0. The molecule has 0 bridgehead atoms. The average Bonchev–Trinajstić information content (AvgIpc) is 3.60. The van der Waals surface area contributed by atoms with E-state index in [1.54, 1.807) is 0 Å². The van der Waals surface area contributed by atoms with Crippen molar-refractivity contribution in [1.29, 1.82) is 5.26 Å². The van der Waals surface area contributed by atoms with Gasteiger partial charge in [0.15, 0.2) is 17.5 Å². The predicted molar refractivity (Wildman–Crippen MR) is 204 cm³/mol. The fraction of sp³-hybridized carbons (Fsp3) is 0. The minimum Gasteiger partial charge on any atom is -0.455 e. The lowest BCUT2D eigenvalue weighted by Gasteiger charge is -2.14. The van der Waals surface area contributed by atoms with E-state index in [0.29, 0.717) is 23.0 Å². The second-order valence-electron chi connectivity index (χ2n) is 12.3. The molecule has 0 unspecified atom stereocenters. The van der Waals surface area contributed by atoms with Gasteiger partial charge in [-0.3, -0.25) is 0 Å². The van der Waals surface area contributed by atoms with Gasteiger partial charge in [-0.2, -0.15) is 5.26 Å². The molecule has 0 spiro atoms. The molecule has 0 radical (unpaired) electrons. The lowest BCUT2D eigenvalue weighted by Crippen LogP contribution is -2.00. The zero-order valence-electron chi connectivity index (χ0n) is 27.4. The molecule has 2 heterocycles. The number of hydrogen-bond acceptors (Lipinski definition) is 5. The number of fused-ring (bicyclic) bond motifs is 3. The van der Waals surface area contributed by atoms with Crippen LogP contribution in [0.5, 0.6) is 0 Å². The second-order valence-corrected chi connectivity index (χ2v) is 12.3. The van der Waals surface area contributed by atoms with Crippen molar-refractivity contribution in [1.82, 2.24) is 15.0 Å². The van der Waals surface area contributed by atoms with E-state index in [1.807, 2.05) is 103 Å². The summed E-state index contributed by atoms with van der Waals surface area (Å²) in [6, 6.07) is 59.3. The molecule has 7 aromatic carbocycles. The summed E-state index contributed by atoms with van der Waals surface area (Å²) < 4.78 is 6.62. The molecule has 51 heavy (non-hydrogen) atoms. The van der Waals surface area contributed by atoms with Crippen LogP contribution in [-0.2, 0) is 0 Å².